The smallest absolute Gasteiger partial charge is 0.341 e. The minimum atomic E-state index is -1.42. The van der Waals surface area contributed by atoms with Crippen LogP contribution in [0.4, 0.5) is 4.39 Å². The number of benzene rings is 2. The predicted molar refractivity (Wildman–Crippen MR) is 95.3 cm³/mol. The van der Waals surface area contributed by atoms with E-state index < -0.39 is 28.5 Å². The summed E-state index contributed by atoms with van der Waals surface area (Å²) in [6.07, 6.45) is 2.34. The van der Waals surface area contributed by atoms with Crippen molar-refractivity contribution in [2.45, 2.75) is 6.54 Å². The van der Waals surface area contributed by atoms with Crippen molar-refractivity contribution < 1.29 is 19.4 Å². The molecular formula is C19H13ClFNO4. The van der Waals surface area contributed by atoms with Gasteiger partial charge in [0.15, 0.2) is 5.75 Å². The number of hydrogen-bond acceptors (Lipinski definition) is 3. The van der Waals surface area contributed by atoms with Gasteiger partial charge in [-0.15, -0.1) is 0 Å². The third-order valence-corrected chi connectivity index (χ3v) is 4.18. The largest absolute Gasteiger partial charge is 0.503 e. The lowest BCUT2D eigenvalue weighted by Crippen LogP contribution is -2.17. The number of aromatic hydroxyl groups is 1. The lowest BCUT2D eigenvalue weighted by molar-refractivity contribution is 0.0694. The van der Waals surface area contributed by atoms with Crippen LogP contribution in [0, 0.1) is 5.82 Å². The summed E-state index contributed by atoms with van der Waals surface area (Å²) >= 11 is 5.86. The lowest BCUT2D eigenvalue weighted by atomic mass is 9.99. The first-order valence-corrected chi connectivity index (χ1v) is 7.94. The number of rotatable bonds is 4. The first kappa shape index (κ1) is 17.7. The van der Waals surface area contributed by atoms with Crippen LogP contribution in [0.2, 0.25) is 5.02 Å². The fraction of sp³-hybridized carbons (Fsp3) is 0.0526. The molecule has 0 aliphatic rings. The molecule has 132 valence electrons. The molecule has 0 spiro atoms. The maximum Gasteiger partial charge on any atom is 0.341 e. The summed E-state index contributed by atoms with van der Waals surface area (Å²) in [5.41, 5.74) is 0.773. The molecule has 0 amide bonds. The van der Waals surface area contributed by atoms with Gasteiger partial charge in [-0.1, -0.05) is 41.9 Å². The van der Waals surface area contributed by atoms with Gasteiger partial charge in [0.2, 0.25) is 5.43 Å². The Bertz CT molecular complexity index is 1060. The zero-order valence-electron chi connectivity index (χ0n) is 13.3. The summed E-state index contributed by atoms with van der Waals surface area (Å²) in [5, 5.41) is 18.8. The van der Waals surface area contributed by atoms with E-state index in [1.807, 2.05) is 18.2 Å². The van der Waals surface area contributed by atoms with E-state index in [0.717, 1.165) is 11.1 Å². The molecule has 0 unspecified atom stereocenters. The van der Waals surface area contributed by atoms with Gasteiger partial charge >= 0.3 is 5.97 Å². The molecule has 0 fully saturated rings. The van der Waals surface area contributed by atoms with Crippen molar-refractivity contribution in [1.29, 1.82) is 0 Å². The topological polar surface area (TPSA) is 79.5 Å². The summed E-state index contributed by atoms with van der Waals surface area (Å²) < 4.78 is 14.8. The number of halogens is 2. The summed E-state index contributed by atoms with van der Waals surface area (Å²) in [6.45, 7) is 0.194. The van der Waals surface area contributed by atoms with Crippen LogP contribution in [0.1, 0.15) is 15.9 Å². The van der Waals surface area contributed by atoms with Gasteiger partial charge in [0.1, 0.15) is 11.4 Å². The third-order valence-electron chi connectivity index (χ3n) is 3.89. The van der Waals surface area contributed by atoms with E-state index in [2.05, 4.69) is 0 Å². The Morgan fingerprint density at radius 1 is 1.15 bits per heavy atom. The van der Waals surface area contributed by atoms with Gasteiger partial charge in [0, 0.05) is 12.7 Å². The second-order valence-corrected chi connectivity index (χ2v) is 6.06. The van der Waals surface area contributed by atoms with Crippen LogP contribution in [-0.4, -0.2) is 20.7 Å². The Morgan fingerprint density at radius 2 is 1.88 bits per heavy atom. The lowest BCUT2D eigenvalue weighted by Gasteiger charge is -2.13. The number of aromatic nitrogens is 1. The molecule has 1 heterocycles. The van der Waals surface area contributed by atoms with Crippen molar-refractivity contribution in [2.24, 2.45) is 0 Å². The fourth-order valence-corrected chi connectivity index (χ4v) is 2.84. The summed E-state index contributed by atoms with van der Waals surface area (Å²) in [4.78, 5) is 22.8. The maximum atomic E-state index is 13.4. The molecule has 26 heavy (non-hydrogen) atoms. The average molecular weight is 374 g/mol. The van der Waals surface area contributed by atoms with Crippen molar-refractivity contribution in [3.05, 3.63) is 87.0 Å². The molecule has 0 bridgehead atoms. The van der Waals surface area contributed by atoms with Gasteiger partial charge in [0.25, 0.3) is 0 Å². The van der Waals surface area contributed by atoms with Crippen LogP contribution in [0.5, 0.6) is 5.75 Å². The van der Waals surface area contributed by atoms with Crippen molar-refractivity contribution >= 4 is 17.6 Å². The zero-order chi connectivity index (χ0) is 18.8. The number of carbonyl (C=O) groups is 1. The molecule has 0 aliphatic carbocycles. The van der Waals surface area contributed by atoms with Gasteiger partial charge in [-0.3, -0.25) is 4.79 Å². The van der Waals surface area contributed by atoms with Crippen molar-refractivity contribution in [1.82, 2.24) is 4.57 Å². The highest BCUT2D eigenvalue weighted by molar-refractivity contribution is 6.31. The quantitative estimate of drug-likeness (QED) is 0.729. The van der Waals surface area contributed by atoms with Crippen LogP contribution in [0.15, 0.2) is 59.7 Å². The predicted octanol–water partition coefficient (Wildman–Crippen LogP) is 3.76. The molecule has 3 aromatic rings. The molecule has 2 N–H and O–H groups in total. The molecule has 0 radical (unpaired) electrons. The molecule has 2 aromatic carbocycles. The van der Waals surface area contributed by atoms with Crippen LogP contribution >= 0.6 is 11.6 Å². The minimum absolute atomic E-state index is 0.00790. The Labute approximate surface area is 152 Å². The number of aromatic carboxylic acids is 1. The number of pyridine rings is 1. The molecule has 3 rings (SSSR count). The van der Waals surface area contributed by atoms with Gasteiger partial charge in [-0.2, -0.15) is 0 Å². The highest BCUT2D eigenvalue weighted by Crippen LogP contribution is 2.28. The number of carboxylic acid groups (broad SMARTS) is 1. The average Bonchev–Trinajstić information content (AvgIpc) is 2.60. The van der Waals surface area contributed by atoms with E-state index >= 15 is 0 Å². The van der Waals surface area contributed by atoms with Crippen LogP contribution < -0.4 is 5.43 Å². The van der Waals surface area contributed by atoms with E-state index in [9.17, 15) is 19.1 Å². The SMILES string of the molecule is O=C(O)c1cn(Cc2ccccc2-c2ccc(F)c(Cl)c2)cc(O)c1=O. The molecule has 0 aliphatic heterocycles. The highest BCUT2D eigenvalue weighted by atomic mass is 35.5. The third kappa shape index (κ3) is 3.45. The van der Waals surface area contributed by atoms with E-state index in [1.54, 1.807) is 12.1 Å². The Balaban J connectivity index is 2.06. The molecule has 0 saturated heterocycles. The van der Waals surface area contributed by atoms with E-state index in [1.165, 1.54) is 29.1 Å². The number of hydrogen-bond donors (Lipinski definition) is 2. The normalized spacial score (nSPS) is 10.7. The van der Waals surface area contributed by atoms with Gasteiger partial charge in [-0.25, -0.2) is 9.18 Å². The number of nitrogens with zero attached hydrogens (tertiary/aromatic N) is 1. The minimum Gasteiger partial charge on any atom is -0.503 e. The monoisotopic (exact) mass is 373 g/mol. The Hall–Kier alpha value is -3.12. The summed E-state index contributed by atoms with van der Waals surface area (Å²) in [6, 6.07) is 11.6. The van der Waals surface area contributed by atoms with E-state index in [4.69, 9.17) is 16.7 Å². The Morgan fingerprint density at radius 3 is 2.58 bits per heavy atom. The molecule has 0 atom stereocenters. The second kappa shape index (κ2) is 7.01. The van der Waals surface area contributed by atoms with Gasteiger partial charge in [-0.05, 0) is 28.8 Å². The first-order valence-electron chi connectivity index (χ1n) is 7.56. The van der Waals surface area contributed by atoms with Crippen LogP contribution in [0.3, 0.4) is 0 Å². The molecule has 7 heteroatoms. The van der Waals surface area contributed by atoms with Crippen LogP contribution in [-0.2, 0) is 6.54 Å². The van der Waals surface area contributed by atoms with Crippen molar-refractivity contribution in [2.75, 3.05) is 0 Å². The molecular weight excluding hydrogens is 361 g/mol. The van der Waals surface area contributed by atoms with E-state index in [-0.39, 0.29) is 11.6 Å². The standard InChI is InChI=1S/C19H13ClFNO4/c20-15-7-11(5-6-16(15)21)13-4-2-1-3-12(13)8-22-9-14(19(25)26)18(24)17(23)10-22/h1-7,9-10,23H,8H2,(H,25,26). The van der Waals surface area contributed by atoms with Crippen molar-refractivity contribution in [3.63, 3.8) is 0 Å². The summed E-state index contributed by atoms with van der Waals surface area (Å²) in [5.74, 6) is -2.59. The van der Waals surface area contributed by atoms with Crippen LogP contribution in [0.25, 0.3) is 11.1 Å². The highest BCUT2D eigenvalue weighted by Gasteiger charge is 2.14. The Kier molecular flexibility index (Phi) is 4.77. The maximum absolute atomic E-state index is 13.4. The van der Waals surface area contributed by atoms with Gasteiger partial charge < -0.3 is 14.8 Å². The molecule has 1 aromatic heterocycles. The summed E-state index contributed by atoms with van der Waals surface area (Å²) in [7, 11) is 0. The van der Waals surface area contributed by atoms with E-state index in [0.29, 0.717) is 5.56 Å². The molecule has 0 saturated carbocycles. The zero-order valence-corrected chi connectivity index (χ0v) is 14.1. The fourth-order valence-electron chi connectivity index (χ4n) is 2.66. The first-order chi connectivity index (χ1) is 12.4. The van der Waals surface area contributed by atoms with Gasteiger partial charge in [0.05, 0.1) is 11.2 Å². The number of carboxylic acids is 1. The molecule has 5 nitrogen and oxygen atoms in total. The second-order valence-electron chi connectivity index (χ2n) is 5.65. The van der Waals surface area contributed by atoms with Crippen molar-refractivity contribution in [3.8, 4) is 16.9 Å².